The van der Waals surface area contributed by atoms with E-state index in [1.54, 1.807) is 12.2 Å². The van der Waals surface area contributed by atoms with Crippen LogP contribution in [0.15, 0.2) is 35.5 Å². The Morgan fingerprint density at radius 1 is 1.27 bits per heavy atom. The highest BCUT2D eigenvalue weighted by atomic mass is 16.3. The predicted octanol–water partition coefficient (Wildman–Crippen LogP) is 3.08. The summed E-state index contributed by atoms with van der Waals surface area (Å²) in [5.74, 6) is -0.134. The van der Waals surface area contributed by atoms with E-state index in [1.165, 1.54) is 0 Å². The second-order valence-electron chi connectivity index (χ2n) is 8.02. The van der Waals surface area contributed by atoms with Crippen LogP contribution in [0.1, 0.15) is 52.9 Å². The Labute approximate surface area is 132 Å². The summed E-state index contributed by atoms with van der Waals surface area (Å²) < 4.78 is 0. The quantitative estimate of drug-likeness (QED) is 0.732. The topological polar surface area (TPSA) is 57.5 Å². The van der Waals surface area contributed by atoms with E-state index in [-0.39, 0.29) is 11.2 Å². The number of hydrogen-bond acceptors (Lipinski definition) is 3. The van der Waals surface area contributed by atoms with Gasteiger partial charge >= 0.3 is 0 Å². The lowest BCUT2D eigenvalue weighted by molar-refractivity contribution is -0.114. The van der Waals surface area contributed by atoms with E-state index in [0.29, 0.717) is 24.8 Å². The van der Waals surface area contributed by atoms with Gasteiger partial charge in [0.2, 0.25) is 0 Å². The Balaban J connectivity index is 2.16. The summed E-state index contributed by atoms with van der Waals surface area (Å²) in [6.07, 6.45) is 6.35. The summed E-state index contributed by atoms with van der Waals surface area (Å²) in [5.41, 5.74) is 0.289. The molecule has 22 heavy (non-hydrogen) atoms. The highest BCUT2D eigenvalue weighted by Gasteiger charge is 2.53. The van der Waals surface area contributed by atoms with Gasteiger partial charge in [0.05, 0.1) is 6.10 Å². The van der Waals surface area contributed by atoms with Crippen molar-refractivity contribution in [2.24, 2.45) is 10.8 Å². The molecule has 0 unspecified atom stereocenters. The molecule has 0 radical (unpaired) electrons. The van der Waals surface area contributed by atoms with Crippen LogP contribution in [0, 0.1) is 10.8 Å². The molecule has 1 fully saturated rings. The Hall–Kier alpha value is -1.19. The summed E-state index contributed by atoms with van der Waals surface area (Å²) in [5, 5.41) is 22.1. The molecule has 0 saturated heterocycles. The normalized spacial score (nSPS) is 40.7. The third-order valence-electron chi connectivity index (χ3n) is 6.16. The first-order valence-corrected chi connectivity index (χ1v) is 8.20. The van der Waals surface area contributed by atoms with Gasteiger partial charge in [-0.1, -0.05) is 26.8 Å². The summed E-state index contributed by atoms with van der Waals surface area (Å²) in [6.45, 7) is 9.93. The van der Waals surface area contributed by atoms with Crippen LogP contribution >= 0.6 is 0 Å². The average Bonchev–Trinajstić information content (AvgIpc) is 2.44. The first-order valence-electron chi connectivity index (χ1n) is 8.20. The van der Waals surface area contributed by atoms with Crippen molar-refractivity contribution >= 4 is 5.78 Å². The standard InChI is InChI=1S/C19H26O3/c1-5-18(4)10-7-12-15(16(18)21)13(20)11-14-17(2,3)8-6-9-19(12,14)22/h5,11,16,21-22H,1,6-10H2,2-4H3/t16-,18+,19-/m1/s1. The van der Waals surface area contributed by atoms with Crippen molar-refractivity contribution in [1.29, 1.82) is 0 Å². The lowest BCUT2D eigenvalue weighted by atomic mass is 9.56. The Bertz CT molecular complexity index is 610. The number of ketones is 1. The molecule has 3 atom stereocenters. The largest absolute Gasteiger partial charge is 0.387 e. The molecule has 3 aliphatic rings. The Morgan fingerprint density at radius 2 is 1.95 bits per heavy atom. The van der Waals surface area contributed by atoms with Crippen molar-refractivity contribution in [2.45, 2.75) is 64.6 Å². The Morgan fingerprint density at radius 3 is 2.59 bits per heavy atom. The van der Waals surface area contributed by atoms with E-state index in [9.17, 15) is 15.0 Å². The zero-order chi connectivity index (χ0) is 16.3. The molecule has 0 aliphatic heterocycles. The van der Waals surface area contributed by atoms with Gasteiger partial charge in [-0.05, 0) is 54.7 Å². The molecule has 0 spiro atoms. The molecule has 0 amide bonds. The minimum Gasteiger partial charge on any atom is -0.387 e. The monoisotopic (exact) mass is 302 g/mol. The van der Waals surface area contributed by atoms with Gasteiger partial charge in [-0.3, -0.25) is 4.79 Å². The number of carbonyl (C=O) groups is 1. The number of carbonyl (C=O) groups excluding carboxylic acids is 1. The van der Waals surface area contributed by atoms with Crippen LogP contribution in [-0.4, -0.2) is 27.7 Å². The van der Waals surface area contributed by atoms with Gasteiger partial charge < -0.3 is 10.2 Å². The first kappa shape index (κ1) is 15.7. The van der Waals surface area contributed by atoms with Crippen molar-refractivity contribution < 1.29 is 15.0 Å². The molecule has 3 heteroatoms. The fourth-order valence-electron chi connectivity index (χ4n) is 4.54. The number of fused-ring (bicyclic) bond motifs is 2. The SMILES string of the molecule is C=C[C@@]1(C)CCC2=C(C(=O)C=C3C(C)(C)CCC[C@]32O)[C@H]1O. The van der Waals surface area contributed by atoms with Gasteiger partial charge in [0.25, 0.3) is 0 Å². The number of aliphatic hydroxyl groups is 2. The third-order valence-corrected chi connectivity index (χ3v) is 6.16. The third kappa shape index (κ3) is 1.92. The molecule has 2 N–H and O–H groups in total. The van der Waals surface area contributed by atoms with Crippen molar-refractivity contribution in [3.05, 3.63) is 35.5 Å². The second kappa shape index (κ2) is 4.65. The second-order valence-corrected chi connectivity index (χ2v) is 8.02. The van der Waals surface area contributed by atoms with Gasteiger partial charge in [0.1, 0.15) is 5.60 Å². The number of allylic oxidation sites excluding steroid dienone is 1. The summed E-state index contributed by atoms with van der Waals surface area (Å²) in [6, 6.07) is 0. The molecule has 0 heterocycles. The molecular weight excluding hydrogens is 276 g/mol. The van der Waals surface area contributed by atoms with E-state index in [0.717, 1.165) is 24.0 Å². The highest BCUT2D eigenvalue weighted by Crippen LogP contribution is 2.55. The molecule has 0 aromatic rings. The Kier molecular flexibility index (Phi) is 3.32. The van der Waals surface area contributed by atoms with Crippen molar-refractivity contribution in [2.75, 3.05) is 0 Å². The maximum absolute atomic E-state index is 12.7. The van der Waals surface area contributed by atoms with Crippen molar-refractivity contribution in [3.63, 3.8) is 0 Å². The molecule has 0 aromatic carbocycles. The van der Waals surface area contributed by atoms with Gasteiger partial charge in [-0.25, -0.2) is 0 Å². The lowest BCUT2D eigenvalue weighted by Crippen LogP contribution is -2.51. The van der Waals surface area contributed by atoms with Gasteiger partial charge in [-0.2, -0.15) is 0 Å². The smallest absolute Gasteiger partial charge is 0.184 e. The maximum Gasteiger partial charge on any atom is 0.184 e. The van der Waals surface area contributed by atoms with E-state index in [2.05, 4.69) is 20.4 Å². The lowest BCUT2D eigenvalue weighted by Gasteiger charge is -2.51. The van der Waals surface area contributed by atoms with Crippen LogP contribution in [0.3, 0.4) is 0 Å². The molecule has 3 rings (SSSR count). The van der Waals surface area contributed by atoms with Crippen LogP contribution in [-0.2, 0) is 4.79 Å². The van der Waals surface area contributed by atoms with Crippen LogP contribution in [0.5, 0.6) is 0 Å². The molecule has 120 valence electrons. The minimum atomic E-state index is -1.05. The number of rotatable bonds is 1. The maximum atomic E-state index is 12.7. The fraction of sp³-hybridized carbons (Fsp3) is 0.632. The van der Waals surface area contributed by atoms with Crippen molar-refractivity contribution in [3.8, 4) is 0 Å². The predicted molar refractivity (Wildman–Crippen MR) is 86.2 cm³/mol. The average molecular weight is 302 g/mol. The molecule has 0 aromatic heterocycles. The molecule has 1 saturated carbocycles. The molecule has 0 bridgehead atoms. The van der Waals surface area contributed by atoms with Crippen LogP contribution in [0.2, 0.25) is 0 Å². The zero-order valence-electron chi connectivity index (χ0n) is 13.8. The number of aliphatic hydroxyl groups excluding tert-OH is 1. The van der Waals surface area contributed by atoms with E-state index < -0.39 is 17.1 Å². The minimum absolute atomic E-state index is 0.134. The molecule has 3 aliphatic carbocycles. The first-order chi connectivity index (χ1) is 10.2. The van der Waals surface area contributed by atoms with E-state index in [1.807, 2.05) is 6.92 Å². The zero-order valence-corrected chi connectivity index (χ0v) is 13.8. The number of hydrogen-bond donors (Lipinski definition) is 2. The molecular formula is C19H26O3. The van der Waals surface area contributed by atoms with E-state index in [4.69, 9.17) is 0 Å². The summed E-state index contributed by atoms with van der Waals surface area (Å²) in [4.78, 5) is 12.7. The van der Waals surface area contributed by atoms with Gasteiger partial charge in [0, 0.05) is 11.0 Å². The van der Waals surface area contributed by atoms with Crippen LogP contribution < -0.4 is 0 Å². The van der Waals surface area contributed by atoms with E-state index >= 15 is 0 Å². The molecule has 3 nitrogen and oxygen atoms in total. The van der Waals surface area contributed by atoms with Crippen LogP contribution in [0.4, 0.5) is 0 Å². The summed E-state index contributed by atoms with van der Waals surface area (Å²) in [7, 11) is 0. The van der Waals surface area contributed by atoms with Gasteiger partial charge in [-0.15, -0.1) is 6.58 Å². The van der Waals surface area contributed by atoms with Gasteiger partial charge in [0.15, 0.2) is 5.78 Å². The van der Waals surface area contributed by atoms with Crippen LogP contribution in [0.25, 0.3) is 0 Å². The highest BCUT2D eigenvalue weighted by molar-refractivity contribution is 6.08. The van der Waals surface area contributed by atoms with Crippen molar-refractivity contribution in [1.82, 2.24) is 0 Å². The fourth-order valence-corrected chi connectivity index (χ4v) is 4.54. The summed E-state index contributed by atoms with van der Waals surface area (Å²) >= 11 is 0.